The summed E-state index contributed by atoms with van der Waals surface area (Å²) >= 11 is 0. The third-order valence-electron chi connectivity index (χ3n) is 7.69. The Morgan fingerprint density at radius 3 is 2.18 bits per heavy atom. The van der Waals surface area contributed by atoms with Crippen molar-refractivity contribution in [1.82, 2.24) is 16.2 Å². The zero-order valence-electron chi connectivity index (χ0n) is 20.0. The molecule has 180 valence electrons. The van der Waals surface area contributed by atoms with Gasteiger partial charge in [0.2, 0.25) is 5.91 Å². The van der Waals surface area contributed by atoms with Crippen LogP contribution in [0.1, 0.15) is 76.1 Å². The second-order valence-electron chi connectivity index (χ2n) is 10.8. The number of hydrogen-bond donors (Lipinski definition) is 3. The van der Waals surface area contributed by atoms with Gasteiger partial charge in [-0.05, 0) is 86.7 Å². The Balaban J connectivity index is 1.32. The van der Waals surface area contributed by atoms with Gasteiger partial charge in [0.25, 0.3) is 11.8 Å². The normalized spacial score (nSPS) is 28.3. The first kappa shape index (κ1) is 23.6. The first-order valence-electron chi connectivity index (χ1n) is 12.4. The Labute approximate surface area is 196 Å². The van der Waals surface area contributed by atoms with Crippen molar-refractivity contribution in [2.24, 2.45) is 29.1 Å². The molecule has 3 N–H and O–H groups in total. The van der Waals surface area contributed by atoms with Gasteiger partial charge in [0.15, 0.2) is 0 Å². The van der Waals surface area contributed by atoms with E-state index in [0.717, 1.165) is 37.0 Å². The summed E-state index contributed by atoms with van der Waals surface area (Å²) in [6.07, 6.45) is 7.90. The minimum atomic E-state index is -0.785. The molecular weight excluding hydrogens is 418 g/mol. The molecule has 1 aromatic rings. The monoisotopic (exact) mass is 455 g/mol. The molecule has 0 spiro atoms. The number of carbonyl (C=O) groups excluding carboxylic acids is 3. The minimum Gasteiger partial charge on any atom is -0.493 e. The highest BCUT2D eigenvalue weighted by atomic mass is 16.5. The molecule has 5 rings (SSSR count). The summed E-state index contributed by atoms with van der Waals surface area (Å²) in [4.78, 5) is 38.5. The lowest BCUT2D eigenvalue weighted by Crippen LogP contribution is -2.55. The Kier molecular flexibility index (Phi) is 6.96. The summed E-state index contributed by atoms with van der Waals surface area (Å²) in [6.45, 7) is 6.01. The molecule has 4 fully saturated rings. The third kappa shape index (κ3) is 5.33. The first-order chi connectivity index (χ1) is 15.8. The van der Waals surface area contributed by atoms with E-state index in [1.54, 1.807) is 24.3 Å². The van der Waals surface area contributed by atoms with Crippen molar-refractivity contribution in [3.8, 4) is 5.75 Å². The molecule has 33 heavy (non-hydrogen) atoms. The molecule has 7 nitrogen and oxygen atoms in total. The molecule has 0 heterocycles. The minimum absolute atomic E-state index is 0.109. The Bertz CT molecular complexity index is 862. The standard InChI is InChI=1S/C26H37N3O4/c1-4-33-21-8-6-5-7-20(21)24(31)27-23(16(2)3)25(32)29-28-22(30)15-26-12-17-9-18(13-26)11-19(10-17)14-26/h5-8,16-19,23H,4,9-15H2,1-3H3,(H,27,31)(H,28,30)(H,29,32). The summed E-state index contributed by atoms with van der Waals surface area (Å²) in [5.74, 6) is 1.70. The Morgan fingerprint density at radius 2 is 1.61 bits per heavy atom. The van der Waals surface area contributed by atoms with Crippen molar-refractivity contribution in [3.63, 3.8) is 0 Å². The fourth-order valence-corrected chi connectivity index (χ4v) is 6.79. The Hall–Kier alpha value is -2.57. The summed E-state index contributed by atoms with van der Waals surface area (Å²) in [5.41, 5.74) is 5.67. The quantitative estimate of drug-likeness (QED) is 0.522. The number of rotatable bonds is 8. The largest absolute Gasteiger partial charge is 0.493 e. The highest BCUT2D eigenvalue weighted by Gasteiger charge is 2.51. The number of hydrazine groups is 1. The van der Waals surface area contributed by atoms with Crippen LogP contribution in [0, 0.1) is 29.1 Å². The van der Waals surface area contributed by atoms with Gasteiger partial charge in [-0.2, -0.15) is 0 Å². The van der Waals surface area contributed by atoms with Crippen molar-refractivity contribution in [1.29, 1.82) is 0 Å². The lowest BCUT2D eigenvalue weighted by Gasteiger charge is -2.56. The summed E-state index contributed by atoms with van der Waals surface area (Å²) in [6, 6.07) is 6.17. The summed E-state index contributed by atoms with van der Waals surface area (Å²) < 4.78 is 5.54. The number of ether oxygens (including phenoxy) is 1. The van der Waals surface area contributed by atoms with E-state index in [9.17, 15) is 14.4 Å². The first-order valence-corrected chi connectivity index (χ1v) is 12.4. The van der Waals surface area contributed by atoms with E-state index in [1.807, 2.05) is 20.8 Å². The van der Waals surface area contributed by atoms with E-state index < -0.39 is 11.9 Å². The van der Waals surface area contributed by atoms with Crippen LogP contribution in [0.5, 0.6) is 5.75 Å². The zero-order chi connectivity index (χ0) is 23.6. The molecule has 7 heteroatoms. The lowest BCUT2D eigenvalue weighted by atomic mass is 9.49. The maximum absolute atomic E-state index is 12.9. The maximum atomic E-state index is 12.9. The van der Waals surface area contributed by atoms with Gasteiger partial charge in [-0.25, -0.2) is 0 Å². The molecule has 4 aliphatic carbocycles. The summed E-state index contributed by atoms with van der Waals surface area (Å²) in [7, 11) is 0. The number of hydrogen-bond acceptors (Lipinski definition) is 4. The van der Waals surface area contributed by atoms with Crippen molar-refractivity contribution in [3.05, 3.63) is 29.8 Å². The van der Waals surface area contributed by atoms with Crippen molar-refractivity contribution in [2.75, 3.05) is 6.61 Å². The number of benzene rings is 1. The molecule has 0 aromatic heterocycles. The Morgan fingerprint density at radius 1 is 1.00 bits per heavy atom. The van der Waals surface area contributed by atoms with Gasteiger partial charge in [-0.1, -0.05) is 26.0 Å². The van der Waals surface area contributed by atoms with Gasteiger partial charge >= 0.3 is 0 Å². The van der Waals surface area contributed by atoms with Gasteiger partial charge in [-0.3, -0.25) is 25.2 Å². The van der Waals surface area contributed by atoms with Crippen LogP contribution in [0.3, 0.4) is 0 Å². The molecular formula is C26H37N3O4. The van der Waals surface area contributed by atoms with E-state index in [0.29, 0.717) is 24.3 Å². The molecule has 1 unspecified atom stereocenters. The molecule has 4 saturated carbocycles. The fourth-order valence-electron chi connectivity index (χ4n) is 6.79. The summed E-state index contributed by atoms with van der Waals surface area (Å²) in [5, 5.41) is 2.80. The van der Waals surface area contributed by atoms with E-state index in [4.69, 9.17) is 4.74 Å². The highest BCUT2D eigenvalue weighted by Crippen LogP contribution is 2.61. The maximum Gasteiger partial charge on any atom is 0.261 e. The van der Waals surface area contributed by atoms with Crippen molar-refractivity contribution < 1.29 is 19.1 Å². The van der Waals surface area contributed by atoms with Gasteiger partial charge in [0, 0.05) is 6.42 Å². The van der Waals surface area contributed by atoms with E-state index in [-0.39, 0.29) is 23.1 Å². The number of carbonyl (C=O) groups is 3. The van der Waals surface area contributed by atoms with E-state index in [2.05, 4.69) is 16.2 Å². The molecule has 3 amide bonds. The predicted octanol–water partition coefficient (Wildman–Crippen LogP) is 3.59. The van der Waals surface area contributed by atoms with Crippen molar-refractivity contribution >= 4 is 17.7 Å². The van der Waals surface area contributed by atoms with Gasteiger partial charge in [0.05, 0.1) is 12.2 Å². The van der Waals surface area contributed by atoms with Gasteiger partial charge in [0.1, 0.15) is 11.8 Å². The number of amides is 3. The lowest BCUT2D eigenvalue weighted by molar-refractivity contribution is -0.135. The van der Waals surface area contributed by atoms with Gasteiger partial charge in [-0.15, -0.1) is 0 Å². The molecule has 1 aromatic carbocycles. The SMILES string of the molecule is CCOc1ccccc1C(=O)NC(C(=O)NNC(=O)CC12CC3CC(CC(C3)C1)C2)C(C)C. The second kappa shape index (κ2) is 9.74. The van der Waals surface area contributed by atoms with Crippen LogP contribution in [0.2, 0.25) is 0 Å². The van der Waals surface area contributed by atoms with Gasteiger partial charge < -0.3 is 10.1 Å². The average molecular weight is 456 g/mol. The van der Waals surface area contributed by atoms with Crippen LogP contribution in [0.4, 0.5) is 0 Å². The van der Waals surface area contributed by atoms with Crippen molar-refractivity contribution in [2.45, 2.75) is 71.8 Å². The molecule has 0 saturated heterocycles. The predicted molar refractivity (Wildman–Crippen MR) is 125 cm³/mol. The smallest absolute Gasteiger partial charge is 0.261 e. The molecule has 4 bridgehead atoms. The molecule has 0 aliphatic heterocycles. The number of nitrogens with one attached hydrogen (secondary N) is 3. The molecule has 4 aliphatic rings. The topological polar surface area (TPSA) is 96.5 Å². The van der Waals surface area contributed by atoms with Crippen LogP contribution in [0.25, 0.3) is 0 Å². The van der Waals surface area contributed by atoms with E-state index >= 15 is 0 Å². The third-order valence-corrected chi connectivity index (χ3v) is 7.69. The van der Waals surface area contributed by atoms with Crippen LogP contribution in [-0.2, 0) is 9.59 Å². The second-order valence-corrected chi connectivity index (χ2v) is 10.8. The zero-order valence-corrected chi connectivity index (χ0v) is 20.0. The van der Waals surface area contributed by atoms with Crippen LogP contribution in [-0.4, -0.2) is 30.4 Å². The fraction of sp³-hybridized carbons (Fsp3) is 0.654. The highest BCUT2D eigenvalue weighted by molar-refractivity contribution is 5.99. The van der Waals surface area contributed by atoms with E-state index in [1.165, 1.54) is 19.3 Å². The average Bonchev–Trinajstić information content (AvgIpc) is 2.75. The van der Waals surface area contributed by atoms with Crippen LogP contribution >= 0.6 is 0 Å². The van der Waals surface area contributed by atoms with Crippen LogP contribution in [0.15, 0.2) is 24.3 Å². The molecule has 0 radical (unpaired) electrons. The molecule has 1 atom stereocenters. The van der Waals surface area contributed by atoms with Crippen LogP contribution < -0.4 is 20.9 Å². The number of para-hydroxylation sites is 1.